The Bertz CT molecular complexity index is 988. The number of nitrogens with zero attached hydrogens (tertiary/aromatic N) is 4. The van der Waals surface area contributed by atoms with Crippen molar-refractivity contribution in [3.63, 3.8) is 0 Å². The molecule has 2 saturated heterocycles. The number of halogens is 3. The summed E-state index contributed by atoms with van der Waals surface area (Å²) in [6.45, 7) is 1.67. The number of aromatic nitrogens is 2. The van der Waals surface area contributed by atoms with Crippen molar-refractivity contribution in [2.24, 2.45) is 0 Å². The number of hydrogen-bond donors (Lipinski definition) is 0. The van der Waals surface area contributed by atoms with Crippen LogP contribution in [-0.4, -0.2) is 68.2 Å². The second-order valence-electron chi connectivity index (χ2n) is 9.04. The molecule has 7 nitrogen and oxygen atoms in total. The van der Waals surface area contributed by atoms with E-state index in [1.165, 1.54) is 12.1 Å². The minimum absolute atomic E-state index is 0.143. The summed E-state index contributed by atoms with van der Waals surface area (Å²) in [6, 6.07) is 5.01. The van der Waals surface area contributed by atoms with E-state index < -0.39 is 22.9 Å². The summed E-state index contributed by atoms with van der Waals surface area (Å²) in [5.74, 6) is 2.06. The molecule has 11 heteroatoms. The fourth-order valence-electron chi connectivity index (χ4n) is 4.57. The van der Waals surface area contributed by atoms with E-state index in [0.29, 0.717) is 61.7 Å². The molecule has 0 N–H and O–H groups in total. The van der Waals surface area contributed by atoms with Crippen molar-refractivity contribution in [2.45, 2.75) is 43.2 Å². The van der Waals surface area contributed by atoms with Crippen LogP contribution in [-0.2, 0) is 17.4 Å². The van der Waals surface area contributed by atoms with Gasteiger partial charge in [-0.25, -0.2) is 4.79 Å². The van der Waals surface area contributed by atoms with Crippen LogP contribution < -0.4 is 0 Å². The molecule has 2 unspecified atom stereocenters. The molecule has 5 rings (SSSR count). The minimum atomic E-state index is -4.40. The van der Waals surface area contributed by atoms with Crippen molar-refractivity contribution < 1.29 is 27.0 Å². The van der Waals surface area contributed by atoms with Crippen LogP contribution >= 0.6 is 0 Å². The van der Waals surface area contributed by atoms with Crippen LogP contribution in [0.5, 0.6) is 0 Å². The highest BCUT2D eigenvalue weighted by molar-refractivity contribution is 7.91. The highest BCUT2D eigenvalue weighted by Gasteiger charge is 2.39. The number of urea groups is 1. The molecule has 2 amide bonds. The van der Waals surface area contributed by atoms with Crippen LogP contribution in [0.25, 0.3) is 0 Å². The quantitative estimate of drug-likeness (QED) is 0.623. The lowest BCUT2D eigenvalue weighted by atomic mass is 9.84. The zero-order chi connectivity index (χ0) is 23.2. The number of piperidine rings is 1. The SMILES string of the molecule is O=C(N1CC[S+]([O-])CC1)N1CC(c2ccc(C(F)(F)F)cc2)CC(c2nc(C3CC3)no2)C1. The average molecular weight is 483 g/mol. The number of amides is 2. The molecule has 178 valence electrons. The highest BCUT2D eigenvalue weighted by atomic mass is 32.2. The molecule has 2 aromatic rings. The van der Waals surface area contributed by atoms with E-state index in [9.17, 15) is 22.5 Å². The van der Waals surface area contributed by atoms with Crippen molar-refractivity contribution in [2.75, 3.05) is 37.7 Å². The zero-order valence-electron chi connectivity index (χ0n) is 18.0. The Hall–Kier alpha value is -2.27. The Morgan fingerprint density at radius 3 is 2.33 bits per heavy atom. The summed E-state index contributed by atoms with van der Waals surface area (Å²) in [5, 5.41) is 4.10. The first-order valence-corrected chi connectivity index (χ1v) is 12.7. The second kappa shape index (κ2) is 8.83. The maximum atomic E-state index is 13.3. The molecule has 1 aromatic heterocycles. The van der Waals surface area contributed by atoms with E-state index in [2.05, 4.69) is 10.1 Å². The maximum Gasteiger partial charge on any atom is 0.416 e. The first-order valence-electron chi connectivity index (χ1n) is 11.2. The standard InChI is InChI=1S/C22H25F3N4O3S/c23-22(24,25)18-5-3-14(4-6-18)16-11-17(20-26-19(27-32-20)15-1-2-15)13-29(12-16)21(30)28-7-9-33(31)10-8-28/h3-6,15-17H,1-2,7-13H2. The van der Waals surface area contributed by atoms with Gasteiger partial charge in [-0.1, -0.05) is 28.5 Å². The molecule has 3 fully saturated rings. The first kappa shape index (κ1) is 22.5. The van der Waals surface area contributed by atoms with Crippen LogP contribution in [0.15, 0.2) is 28.8 Å². The monoisotopic (exact) mass is 482 g/mol. The molecule has 1 aliphatic carbocycles. The van der Waals surface area contributed by atoms with Crippen molar-refractivity contribution in [1.29, 1.82) is 0 Å². The minimum Gasteiger partial charge on any atom is -0.616 e. The molecule has 0 bridgehead atoms. The summed E-state index contributed by atoms with van der Waals surface area (Å²) in [5.41, 5.74) is 0.0472. The third-order valence-corrected chi connectivity index (χ3v) is 7.90. The van der Waals surface area contributed by atoms with Gasteiger partial charge >= 0.3 is 12.2 Å². The molecule has 3 heterocycles. The van der Waals surface area contributed by atoms with Gasteiger partial charge in [0.1, 0.15) is 11.5 Å². The number of carbonyl (C=O) groups excluding carboxylic acids is 1. The Morgan fingerprint density at radius 2 is 1.70 bits per heavy atom. The molecule has 1 saturated carbocycles. The van der Waals surface area contributed by atoms with Crippen molar-refractivity contribution >= 4 is 17.2 Å². The van der Waals surface area contributed by atoms with E-state index in [-0.39, 0.29) is 17.9 Å². The zero-order valence-corrected chi connectivity index (χ0v) is 18.8. The van der Waals surface area contributed by atoms with E-state index in [1.807, 2.05) is 0 Å². The number of likely N-dealkylation sites (tertiary alicyclic amines) is 1. The third-order valence-electron chi connectivity index (χ3n) is 6.63. The summed E-state index contributed by atoms with van der Waals surface area (Å²) < 4.78 is 56.3. The number of carbonyl (C=O) groups is 1. The van der Waals surface area contributed by atoms with Crippen LogP contribution in [0, 0.1) is 0 Å². The molecule has 3 aliphatic rings. The molecule has 1 aromatic carbocycles. The predicted molar refractivity (Wildman–Crippen MR) is 114 cm³/mol. The van der Waals surface area contributed by atoms with Crippen LogP contribution in [0.2, 0.25) is 0 Å². The van der Waals surface area contributed by atoms with Crippen LogP contribution in [0.1, 0.15) is 59.9 Å². The lowest BCUT2D eigenvalue weighted by Gasteiger charge is -2.40. The summed E-state index contributed by atoms with van der Waals surface area (Å²) in [6.07, 6.45) is -1.71. The fourth-order valence-corrected chi connectivity index (χ4v) is 5.62. The van der Waals surface area contributed by atoms with Crippen LogP contribution in [0.4, 0.5) is 18.0 Å². The van der Waals surface area contributed by atoms with Gasteiger partial charge in [-0.3, -0.25) is 0 Å². The van der Waals surface area contributed by atoms with E-state index >= 15 is 0 Å². The molecule has 2 atom stereocenters. The van der Waals surface area contributed by atoms with Crippen molar-refractivity contribution in [3.8, 4) is 0 Å². The molecular weight excluding hydrogens is 457 g/mol. The Kier molecular flexibility index (Phi) is 6.02. The first-order chi connectivity index (χ1) is 15.8. The van der Waals surface area contributed by atoms with Gasteiger partial charge in [0.05, 0.1) is 24.6 Å². The molecule has 33 heavy (non-hydrogen) atoms. The summed E-state index contributed by atoms with van der Waals surface area (Å²) in [4.78, 5) is 21.3. The van der Waals surface area contributed by atoms with E-state index in [1.54, 1.807) is 9.80 Å². The van der Waals surface area contributed by atoms with Crippen molar-refractivity contribution in [3.05, 3.63) is 47.1 Å². The van der Waals surface area contributed by atoms with Gasteiger partial charge in [0.2, 0.25) is 5.89 Å². The number of rotatable bonds is 3. The molecular formula is C22H25F3N4O3S. The topological polar surface area (TPSA) is 85.5 Å². The smallest absolute Gasteiger partial charge is 0.416 e. The van der Waals surface area contributed by atoms with Gasteiger partial charge in [-0.15, -0.1) is 0 Å². The lowest BCUT2D eigenvalue weighted by molar-refractivity contribution is -0.137. The number of benzene rings is 1. The molecule has 0 radical (unpaired) electrons. The summed E-state index contributed by atoms with van der Waals surface area (Å²) in [7, 11) is 0. The normalized spacial score (nSPS) is 24.8. The molecule has 2 aliphatic heterocycles. The maximum absolute atomic E-state index is 13.3. The van der Waals surface area contributed by atoms with Gasteiger partial charge in [-0.2, -0.15) is 18.2 Å². The van der Waals surface area contributed by atoms with E-state index in [4.69, 9.17) is 4.52 Å². The van der Waals surface area contributed by atoms with Gasteiger partial charge in [0, 0.05) is 24.9 Å². The van der Waals surface area contributed by atoms with Gasteiger partial charge in [-0.05, 0) is 37.0 Å². The predicted octanol–water partition coefficient (Wildman–Crippen LogP) is 3.72. The highest BCUT2D eigenvalue weighted by Crippen LogP contribution is 2.41. The van der Waals surface area contributed by atoms with Crippen LogP contribution in [0.3, 0.4) is 0 Å². The Morgan fingerprint density at radius 1 is 1.03 bits per heavy atom. The Labute approximate surface area is 192 Å². The second-order valence-corrected chi connectivity index (χ2v) is 10.7. The van der Waals surface area contributed by atoms with Gasteiger partial charge < -0.3 is 18.9 Å². The number of hydrogen-bond acceptors (Lipinski definition) is 5. The van der Waals surface area contributed by atoms with E-state index in [0.717, 1.165) is 30.5 Å². The van der Waals surface area contributed by atoms with Gasteiger partial charge in [0.25, 0.3) is 0 Å². The Balaban J connectivity index is 1.38. The average Bonchev–Trinajstić information content (AvgIpc) is 3.54. The lowest BCUT2D eigenvalue weighted by Crippen LogP contribution is -2.53. The van der Waals surface area contributed by atoms with Gasteiger partial charge in [0.15, 0.2) is 5.82 Å². The molecule has 0 spiro atoms. The summed E-state index contributed by atoms with van der Waals surface area (Å²) >= 11 is -0.899. The number of alkyl halides is 3. The fraction of sp³-hybridized carbons (Fsp3) is 0.591. The largest absolute Gasteiger partial charge is 0.616 e. The third kappa shape index (κ3) is 4.98. The van der Waals surface area contributed by atoms with Crippen molar-refractivity contribution in [1.82, 2.24) is 19.9 Å².